The van der Waals surface area contributed by atoms with Crippen LogP contribution in [-0.4, -0.2) is 69.9 Å². The molecule has 264 valence electrons. The molecule has 0 saturated carbocycles. The highest BCUT2D eigenvalue weighted by Gasteiger charge is 2.53. The summed E-state index contributed by atoms with van der Waals surface area (Å²) in [6.07, 6.45) is 0. The summed E-state index contributed by atoms with van der Waals surface area (Å²) in [6, 6.07) is 24.1. The molecule has 7 rings (SSSR count). The van der Waals surface area contributed by atoms with Crippen molar-refractivity contribution in [1.82, 2.24) is 15.0 Å². The Morgan fingerprint density at radius 3 is 0.667 bits per heavy atom. The van der Waals surface area contributed by atoms with Gasteiger partial charge in [0.1, 0.15) is 0 Å². The first kappa shape index (κ1) is 36.0. The summed E-state index contributed by atoms with van der Waals surface area (Å²) < 4.78 is 37.7. The molecule has 0 unspecified atom stereocenters. The van der Waals surface area contributed by atoms with Crippen LogP contribution in [0.5, 0.6) is 0 Å². The fourth-order valence-electron chi connectivity index (χ4n) is 6.07. The molecule has 0 radical (unpaired) electrons. The molecule has 12 heteroatoms. The van der Waals surface area contributed by atoms with Crippen LogP contribution in [0.1, 0.15) is 83.1 Å². The average Bonchev–Trinajstić information content (AvgIpc) is 3.53. The molecule has 0 N–H and O–H groups in total. The first-order valence-corrected chi connectivity index (χ1v) is 17.8. The molecule has 3 aliphatic heterocycles. The van der Waals surface area contributed by atoms with E-state index < -0.39 is 55.0 Å². The van der Waals surface area contributed by atoms with Crippen LogP contribution in [0.4, 0.5) is 0 Å². The number of rotatable bonds is 6. The molecular formula is C39H48B3N3O6. The second kappa shape index (κ2) is 12.1. The molecule has 0 spiro atoms. The third kappa shape index (κ3) is 6.49. The van der Waals surface area contributed by atoms with Crippen LogP contribution in [-0.2, 0) is 27.9 Å². The summed E-state index contributed by atoms with van der Waals surface area (Å²) in [7, 11) is -1.38. The number of aromatic nitrogens is 3. The lowest BCUT2D eigenvalue weighted by atomic mass is 9.78. The molecule has 3 aliphatic rings. The zero-order chi connectivity index (χ0) is 36.8. The van der Waals surface area contributed by atoms with Crippen molar-refractivity contribution in [2.75, 3.05) is 0 Å². The average molecular weight is 687 g/mol. The first-order chi connectivity index (χ1) is 23.7. The Morgan fingerprint density at radius 2 is 0.490 bits per heavy atom. The van der Waals surface area contributed by atoms with Crippen LogP contribution >= 0.6 is 0 Å². The molecular weight excluding hydrogens is 639 g/mol. The molecule has 3 fully saturated rings. The summed E-state index contributed by atoms with van der Waals surface area (Å²) in [5, 5.41) is 0. The number of hydrogen-bond acceptors (Lipinski definition) is 9. The summed E-state index contributed by atoms with van der Waals surface area (Å²) in [6.45, 7) is 24.7. The van der Waals surface area contributed by atoms with E-state index in [0.717, 1.165) is 33.1 Å². The van der Waals surface area contributed by atoms with E-state index in [1.165, 1.54) is 0 Å². The molecule has 4 aromatic rings. The van der Waals surface area contributed by atoms with E-state index in [2.05, 4.69) is 83.1 Å². The molecule has 0 amide bonds. The van der Waals surface area contributed by atoms with Crippen molar-refractivity contribution in [2.24, 2.45) is 0 Å². The van der Waals surface area contributed by atoms with Crippen molar-refractivity contribution in [2.45, 2.75) is 117 Å². The van der Waals surface area contributed by atoms with E-state index >= 15 is 0 Å². The third-order valence-corrected chi connectivity index (χ3v) is 11.7. The Bertz CT molecular complexity index is 1650. The predicted octanol–water partition coefficient (Wildman–Crippen LogP) is 5.77. The lowest BCUT2D eigenvalue weighted by Gasteiger charge is -2.32. The molecule has 51 heavy (non-hydrogen) atoms. The maximum absolute atomic E-state index is 6.29. The minimum atomic E-state index is -0.460. The predicted molar refractivity (Wildman–Crippen MR) is 203 cm³/mol. The highest BCUT2D eigenvalue weighted by molar-refractivity contribution is 6.63. The Balaban J connectivity index is 1.22. The van der Waals surface area contributed by atoms with Gasteiger partial charge in [-0.2, -0.15) is 0 Å². The highest BCUT2D eigenvalue weighted by Crippen LogP contribution is 2.39. The zero-order valence-corrected chi connectivity index (χ0v) is 32.0. The molecule has 3 saturated heterocycles. The fraction of sp³-hybridized carbons (Fsp3) is 0.462. The summed E-state index contributed by atoms with van der Waals surface area (Å²) >= 11 is 0. The van der Waals surface area contributed by atoms with Crippen LogP contribution < -0.4 is 16.4 Å². The van der Waals surface area contributed by atoms with Gasteiger partial charge in [0.15, 0.2) is 17.5 Å². The normalized spacial score (nSPS) is 22.5. The van der Waals surface area contributed by atoms with Crippen molar-refractivity contribution in [3.8, 4) is 34.2 Å². The van der Waals surface area contributed by atoms with Crippen LogP contribution in [0.2, 0.25) is 0 Å². The van der Waals surface area contributed by atoms with Gasteiger partial charge in [-0.25, -0.2) is 15.0 Å². The SMILES string of the molecule is CC1(C)OB(c2ccc(-c3nc(-c4ccc(B5OC(C)(C)C(C)(C)O5)cc4)nc(-c4ccc(B5OC(C)(C)C(C)(C)O5)cc4)n3)cc2)OC1(C)C. The first-order valence-electron chi connectivity index (χ1n) is 17.8. The Labute approximate surface area is 303 Å². The molecule has 0 atom stereocenters. The lowest BCUT2D eigenvalue weighted by molar-refractivity contribution is 0.00578. The van der Waals surface area contributed by atoms with Gasteiger partial charge < -0.3 is 27.9 Å². The van der Waals surface area contributed by atoms with Crippen LogP contribution in [0.3, 0.4) is 0 Å². The Morgan fingerprint density at radius 1 is 0.314 bits per heavy atom. The van der Waals surface area contributed by atoms with E-state index in [9.17, 15) is 0 Å². The largest absolute Gasteiger partial charge is 0.494 e. The second-order valence-electron chi connectivity index (χ2n) is 16.9. The second-order valence-corrected chi connectivity index (χ2v) is 16.9. The highest BCUT2D eigenvalue weighted by atomic mass is 16.7. The van der Waals surface area contributed by atoms with E-state index in [4.69, 9.17) is 42.9 Å². The standard InChI is InChI=1S/C39H48B3N3O6/c1-34(2)35(3,4)47-40(46-34)28-19-13-25(14-20-28)31-43-32(26-15-21-29(22-16-26)41-48-36(5,6)37(7,8)49-41)45-33(44-31)27-17-23-30(24-18-27)42-50-38(9,10)39(11,12)51-42/h13-24H,1-12H3. The molecule has 9 nitrogen and oxygen atoms in total. The third-order valence-electron chi connectivity index (χ3n) is 11.7. The van der Waals surface area contributed by atoms with Crippen molar-refractivity contribution in [3.63, 3.8) is 0 Å². The van der Waals surface area contributed by atoms with Crippen LogP contribution in [0.15, 0.2) is 72.8 Å². The van der Waals surface area contributed by atoms with Gasteiger partial charge in [-0.1, -0.05) is 72.8 Å². The summed E-state index contributed by atoms with van der Waals surface area (Å²) in [5.41, 5.74) is 2.79. The number of nitrogens with zero attached hydrogens (tertiary/aromatic N) is 3. The van der Waals surface area contributed by atoms with Gasteiger partial charge >= 0.3 is 21.4 Å². The molecule has 3 aromatic carbocycles. The molecule has 4 heterocycles. The number of hydrogen-bond donors (Lipinski definition) is 0. The van der Waals surface area contributed by atoms with Crippen LogP contribution in [0.25, 0.3) is 34.2 Å². The van der Waals surface area contributed by atoms with E-state index in [0.29, 0.717) is 17.5 Å². The lowest BCUT2D eigenvalue weighted by Crippen LogP contribution is -2.41. The maximum atomic E-state index is 6.29. The smallest absolute Gasteiger partial charge is 0.399 e. The van der Waals surface area contributed by atoms with Gasteiger partial charge in [0.2, 0.25) is 0 Å². The van der Waals surface area contributed by atoms with Gasteiger partial charge in [0.25, 0.3) is 0 Å². The number of benzene rings is 3. The van der Waals surface area contributed by atoms with Gasteiger partial charge in [0.05, 0.1) is 33.6 Å². The van der Waals surface area contributed by atoms with Gasteiger partial charge in [-0.15, -0.1) is 0 Å². The van der Waals surface area contributed by atoms with Crippen molar-refractivity contribution < 1.29 is 27.9 Å². The minimum absolute atomic E-state index is 0.426. The van der Waals surface area contributed by atoms with Crippen molar-refractivity contribution in [3.05, 3.63) is 72.8 Å². The van der Waals surface area contributed by atoms with Gasteiger partial charge in [-0.3, -0.25) is 0 Å². The fourth-order valence-corrected chi connectivity index (χ4v) is 6.07. The van der Waals surface area contributed by atoms with E-state index in [1.54, 1.807) is 0 Å². The topological polar surface area (TPSA) is 94.1 Å². The maximum Gasteiger partial charge on any atom is 0.494 e. The molecule has 0 bridgehead atoms. The Hall–Kier alpha value is -3.38. The van der Waals surface area contributed by atoms with Crippen molar-refractivity contribution >= 4 is 37.7 Å². The Kier molecular flexibility index (Phi) is 8.53. The molecule has 0 aliphatic carbocycles. The van der Waals surface area contributed by atoms with Gasteiger partial charge in [0, 0.05) is 16.7 Å². The zero-order valence-electron chi connectivity index (χ0n) is 32.0. The quantitative estimate of drug-likeness (QED) is 0.235. The van der Waals surface area contributed by atoms with Crippen molar-refractivity contribution in [1.29, 1.82) is 0 Å². The molecule has 1 aromatic heterocycles. The van der Waals surface area contributed by atoms with E-state index in [1.807, 2.05) is 72.8 Å². The summed E-state index contributed by atoms with van der Waals surface area (Å²) in [5.74, 6) is 1.67. The van der Waals surface area contributed by atoms with Gasteiger partial charge in [-0.05, 0) is 99.5 Å². The minimum Gasteiger partial charge on any atom is -0.399 e. The van der Waals surface area contributed by atoms with E-state index in [-0.39, 0.29) is 0 Å². The summed E-state index contributed by atoms with van der Waals surface area (Å²) in [4.78, 5) is 14.9. The van der Waals surface area contributed by atoms with Crippen LogP contribution in [0, 0.1) is 0 Å². The monoisotopic (exact) mass is 687 g/mol.